The molecule has 4 heteroatoms. The summed E-state index contributed by atoms with van der Waals surface area (Å²) in [7, 11) is 0. The van der Waals surface area contributed by atoms with Gasteiger partial charge in [0.15, 0.2) is 0 Å². The Bertz CT molecular complexity index is 289. The number of pyridine rings is 1. The number of rotatable bonds is 5. The van der Waals surface area contributed by atoms with Gasteiger partial charge in [-0.05, 0) is 25.3 Å². The van der Waals surface area contributed by atoms with E-state index in [0.29, 0.717) is 0 Å². The molecular weight excluding hydrogens is 178 g/mol. The van der Waals surface area contributed by atoms with Crippen molar-refractivity contribution < 1.29 is 5.11 Å². The van der Waals surface area contributed by atoms with Crippen molar-refractivity contribution in [2.75, 3.05) is 24.2 Å². The molecule has 1 aromatic rings. The molecule has 4 N–H and O–H groups in total. The number of aliphatic hydroxyl groups is 1. The van der Waals surface area contributed by atoms with Crippen LogP contribution < -0.4 is 11.1 Å². The third-order valence-corrected chi connectivity index (χ3v) is 2.04. The van der Waals surface area contributed by atoms with E-state index < -0.39 is 0 Å². The minimum Gasteiger partial charge on any atom is -0.398 e. The van der Waals surface area contributed by atoms with Gasteiger partial charge in [-0.25, -0.2) is 4.98 Å². The molecule has 78 valence electrons. The van der Waals surface area contributed by atoms with E-state index in [1.807, 2.05) is 13.0 Å². The van der Waals surface area contributed by atoms with Crippen LogP contribution in [0.3, 0.4) is 0 Å². The van der Waals surface area contributed by atoms with Crippen LogP contribution >= 0.6 is 0 Å². The number of hydrogen-bond donors (Lipinski definition) is 3. The van der Waals surface area contributed by atoms with Crippen LogP contribution in [0.1, 0.15) is 18.4 Å². The Morgan fingerprint density at radius 2 is 2.29 bits per heavy atom. The second-order valence-corrected chi connectivity index (χ2v) is 3.28. The van der Waals surface area contributed by atoms with E-state index in [0.717, 1.165) is 36.5 Å². The zero-order chi connectivity index (χ0) is 10.4. The number of aliphatic hydroxyl groups excluding tert-OH is 1. The quantitative estimate of drug-likeness (QED) is 0.616. The lowest BCUT2D eigenvalue weighted by atomic mass is 10.2. The molecule has 0 aliphatic rings. The van der Waals surface area contributed by atoms with E-state index in [1.165, 1.54) is 0 Å². The fourth-order valence-electron chi connectivity index (χ4n) is 1.09. The van der Waals surface area contributed by atoms with Crippen molar-refractivity contribution >= 4 is 11.5 Å². The SMILES string of the molecule is Cc1cnc(NCCCCO)cc1N. The summed E-state index contributed by atoms with van der Waals surface area (Å²) in [6.45, 7) is 2.99. The largest absolute Gasteiger partial charge is 0.398 e. The highest BCUT2D eigenvalue weighted by atomic mass is 16.2. The van der Waals surface area contributed by atoms with Crippen LogP contribution in [0.25, 0.3) is 0 Å². The molecule has 0 aliphatic carbocycles. The Labute approximate surface area is 84.2 Å². The molecule has 14 heavy (non-hydrogen) atoms. The smallest absolute Gasteiger partial charge is 0.127 e. The van der Waals surface area contributed by atoms with E-state index in [-0.39, 0.29) is 6.61 Å². The van der Waals surface area contributed by atoms with Crippen molar-refractivity contribution in [3.63, 3.8) is 0 Å². The van der Waals surface area contributed by atoms with E-state index >= 15 is 0 Å². The third kappa shape index (κ3) is 3.22. The second-order valence-electron chi connectivity index (χ2n) is 3.28. The van der Waals surface area contributed by atoms with Crippen molar-refractivity contribution in [1.29, 1.82) is 0 Å². The van der Waals surface area contributed by atoms with Crippen molar-refractivity contribution in [3.05, 3.63) is 17.8 Å². The zero-order valence-corrected chi connectivity index (χ0v) is 8.45. The second kappa shape index (κ2) is 5.44. The van der Waals surface area contributed by atoms with Crippen LogP contribution in [0.15, 0.2) is 12.3 Å². The van der Waals surface area contributed by atoms with E-state index in [4.69, 9.17) is 10.8 Å². The number of anilines is 2. The Balaban J connectivity index is 2.39. The minimum atomic E-state index is 0.241. The van der Waals surface area contributed by atoms with E-state index in [2.05, 4.69) is 10.3 Å². The molecule has 1 heterocycles. The van der Waals surface area contributed by atoms with Crippen LogP contribution in [0.5, 0.6) is 0 Å². The fourth-order valence-corrected chi connectivity index (χ4v) is 1.09. The highest BCUT2D eigenvalue weighted by Gasteiger charge is 1.97. The summed E-state index contributed by atoms with van der Waals surface area (Å²) in [6.07, 6.45) is 3.50. The number of nitrogens with zero attached hydrogens (tertiary/aromatic N) is 1. The number of nitrogens with two attached hydrogens (primary N) is 1. The lowest BCUT2D eigenvalue weighted by Crippen LogP contribution is -2.05. The maximum atomic E-state index is 8.58. The molecule has 0 spiro atoms. The van der Waals surface area contributed by atoms with Crippen molar-refractivity contribution in [3.8, 4) is 0 Å². The zero-order valence-electron chi connectivity index (χ0n) is 8.45. The summed E-state index contributed by atoms with van der Waals surface area (Å²) in [6, 6.07) is 1.83. The maximum absolute atomic E-state index is 8.58. The Morgan fingerprint density at radius 3 is 2.93 bits per heavy atom. The molecule has 0 amide bonds. The highest BCUT2D eigenvalue weighted by Crippen LogP contribution is 2.13. The average Bonchev–Trinajstić information content (AvgIpc) is 2.18. The predicted octanol–water partition coefficient (Wildman–Crippen LogP) is 1.16. The van der Waals surface area contributed by atoms with E-state index in [1.54, 1.807) is 6.20 Å². The Kier molecular flexibility index (Phi) is 4.19. The Morgan fingerprint density at radius 1 is 1.50 bits per heavy atom. The molecule has 1 rings (SSSR count). The standard InChI is InChI=1S/C10H17N3O/c1-8-7-13-10(6-9(8)11)12-4-2-3-5-14/h6-7,14H,2-5H2,1H3,(H3,11,12,13). The molecule has 0 aromatic carbocycles. The van der Waals surface area contributed by atoms with Gasteiger partial charge < -0.3 is 16.2 Å². The summed E-state index contributed by atoms with van der Waals surface area (Å²) in [5, 5.41) is 11.7. The normalized spacial score (nSPS) is 10.1. The third-order valence-electron chi connectivity index (χ3n) is 2.04. The average molecular weight is 195 g/mol. The first-order chi connectivity index (χ1) is 6.74. The highest BCUT2D eigenvalue weighted by molar-refractivity contribution is 5.53. The summed E-state index contributed by atoms with van der Waals surface area (Å²) in [4.78, 5) is 4.18. The number of nitrogen functional groups attached to an aromatic ring is 1. The van der Waals surface area contributed by atoms with Gasteiger partial charge in [-0.2, -0.15) is 0 Å². The molecule has 0 aliphatic heterocycles. The van der Waals surface area contributed by atoms with Crippen LogP contribution in [-0.2, 0) is 0 Å². The molecule has 0 radical (unpaired) electrons. The van der Waals surface area contributed by atoms with Gasteiger partial charge in [0.2, 0.25) is 0 Å². The van der Waals surface area contributed by atoms with Gasteiger partial charge in [0, 0.05) is 31.1 Å². The van der Waals surface area contributed by atoms with Crippen LogP contribution in [0.4, 0.5) is 11.5 Å². The summed E-state index contributed by atoms with van der Waals surface area (Å²) >= 11 is 0. The molecule has 4 nitrogen and oxygen atoms in total. The first-order valence-corrected chi connectivity index (χ1v) is 4.81. The molecule has 0 bridgehead atoms. The van der Waals surface area contributed by atoms with Crippen LogP contribution in [0.2, 0.25) is 0 Å². The van der Waals surface area contributed by atoms with E-state index in [9.17, 15) is 0 Å². The molecular formula is C10H17N3O. The first-order valence-electron chi connectivity index (χ1n) is 4.81. The van der Waals surface area contributed by atoms with Gasteiger partial charge in [-0.1, -0.05) is 0 Å². The molecule has 0 unspecified atom stereocenters. The van der Waals surface area contributed by atoms with Gasteiger partial charge in [-0.3, -0.25) is 0 Å². The summed E-state index contributed by atoms with van der Waals surface area (Å²) in [5.74, 6) is 0.797. The van der Waals surface area contributed by atoms with Crippen molar-refractivity contribution in [2.24, 2.45) is 0 Å². The number of aryl methyl sites for hydroxylation is 1. The molecule has 1 aromatic heterocycles. The van der Waals surface area contributed by atoms with Gasteiger partial charge in [0.1, 0.15) is 5.82 Å². The molecule has 0 saturated carbocycles. The predicted molar refractivity (Wildman–Crippen MR) is 58.2 cm³/mol. The van der Waals surface area contributed by atoms with Gasteiger partial charge in [0.25, 0.3) is 0 Å². The summed E-state index contributed by atoms with van der Waals surface area (Å²) < 4.78 is 0. The van der Waals surface area contributed by atoms with Crippen molar-refractivity contribution in [1.82, 2.24) is 4.98 Å². The maximum Gasteiger partial charge on any atom is 0.127 e. The number of nitrogens with one attached hydrogen (secondary N) is 1. The fraction of sp³-hybridized carbons (Fsp3) is 0.500. The van der Waals surface area contributed by atoms with Gasteiger partial charge in [-0.15, -0.1) is 0 Å². The van der Waals surface area contributed by atoms with Gasteiger partial charge in [0.05, 0.1) is 0 Å². The molecule has 0 atom stereocenters. The topological polar surface area (TPSA) is 71.2 Å². The van der Waals surface area contributed by atoms with Crippen LogP contribution in [-0.4, -0.2) is 23.2 Å². The molecule has 0 saturated heterocycles. The van der Waals surface area contributed by atoms with Crippen molar-refractivity contribution in [2.45, 2.75) is 19.8 Å². The molecule has 0 fully saturated rings. The number of hydrogen-bond acceptors (Lipinski definition) is 4. The number of aromatic nitrogens is 1. The first kappa shape index (κ1) is 10.8. The lowest BCUT2D eigenvalue weighted by molar-refractivity contribution is 0.286. The van der Waals surface area contributed by atoms with Gasteiger partial charge >= 0.3 is 0 Å². The Hall–Kier alpha value is -1.29. The van der Waals surface area contributed by atoms with Crippen LogP contribution in [0, 0.1) is 6.92 Å². The summed E-state index contributed by atoms with van der Waals surface area (Å²) in [5.41, 5.74) is 7.48. The number of unbranched alkanes of at least 4 members (excludes halogenated alkanes) is 1. The minimum absolute atomic E-state index is 0.241. The lowest BCUT2D eigenvalue weighted by Gasteiger charge is -2.06. The monoisotopic (exact) mass is 195 g/mol.